The van der Waals surface area contributed by atoms with Gasteiger partial charge in [0.1, 0.15) is 0 Å². The van der Waals surface area contributed by atoms with Crippen molar-refractivity contribution in [1.29, 1.82) is 0 Å². The first kappa shape index (κ1) is 11.7. The molecule has 1 aromatic rings. The van der Waals surface area contributed by atoms with Crippen molar-refractivity contribution in [3.63, 3.8) is 0 Å². The third-order valence-electron chi connectivity index (χ3n) is 2.41. The zero-order valence-corrected chi connectivity index (χ0v) is 10.5. The molecule has 0 aliphatic heterocycles. The molecule has 0 unspecified atom stereocenters. The molecule has 1 nitrogen and oxygen atoms in total. The van der Waals surface area contributed by atoms with E-state index in [0.29, 0.717) is 0 Å². The monoisotopic (exact) mass is 211 g/mol. The number of hydrogen-bond donors (Lipinski definition) is 1. The van der Waals surface area contributed by atoms with Crippen LogP contribution in [0, 0.1) is 19.8 Å². The van der Waals surface area contributed by atoms with E-state index in [-0.39, 0.29) is 0 Å². The molecule has 2 heteroatoms. The fourth-order valence-corrected chi connectivity index (χ4v) is 2.36. The topological polar surface area (TPSA) is 12.0 Å². The van der Waals surface area contributed by atoms with Crippen molar-refractivity contribution < 1.29 is 0 Å². The van der Waals surface area contributed by atoms with Gasteiger partial charge in [-0.15, -0.1) is 11.3 Å². The average molecular weight is 211 g/mol. The molecule has 1 rings (SSSR count). The summed E-state index contributed by atoms with van der Waals surface area (Å²) in [6, 6.07) is 2.29. The van der Waals surface area contributed by atoms with Crippen LogP contribution in [0.15, 0.2) is 6.07 Å². The van der Waals surface area contributed by atoms with Gasteiger partial charge in [-0.05, 0) is 44.4 Å². The van der Waals surface area contributed by atoms with Crippen LogP contribution in [0.4, 0.5) is 0 Å². The van der Waals surface area contributed by atoms with Gasteiger partial charge in [-0.1, -0.05) is 13.8 Å². The van der Waals surface area contributed by atoms with E-state index in [1.807, 2.05) is 11.3 Å². The van der Waals surface area contributed by atoms with E-state index in [2.05, 4.69) is 39.1 Å². The van der Waals surface area contributed by atoms with Gasteiger partial charge in [0.2, 0.25) is 0 Å². The van der Waals surface area contributed by atoms with Crippen LogP contribution in [0.1, 0.15) is 35.6 Å². The van der Waals surface area contributed by atoms with Gasteiger partial charge in [-0.2, -0.15) is 0 Å². The van der Waals surface area contributed by atoms with Crippen LogP contribution >= 0.6 is 11.3 Å². The highest BCUT2D eigenvalue weighted by atomic mass is 32.1. The number of hydrogen-bond acceptors (Lipinski definition) is 2. The Hall–Kier alpha value is -0.340. The number of rotatable bonds is 5. The van der Waals surface area contributed by atoms with Crippen LogP contribution in [-0.4, -0.2) is 6.54 Å². The van der Waals surface area contributed by atoms with Crippen molar-refractivity contribution >= 4 is 11.3 Å². The summed E-state index contributed by atoms with van der Waals surface area (Å²) in [5.74, 6) is 0.800. The van der Waals surface area contributed by atoms with Crippen molar-refractivity contribution in [3.8, 4) is 0 Å². The van der Waals surface area contributed by atoms with Gasteiger partial charge in [0, 0.05) is 16.3 Å². The summed E-state index contributed by atoms with van der Waals surface area (Å²) >= 11 is 1.91. The summed E-state index contributed by atoms with van der Waals surface area (Å²) in [6.07, 6.45) is 1.27. The summed E-state index contributed by atoms with van der Waals surface area (Å²) < 4.78 is 0. The van der Waals surface area contributed by atoms with Gasteiger partial charge in [-0.25, -0.2) is 0 Å². The molecule has 0 radical (unpaired) electrons. The Balaban J connectivity index is 2.25. The summed E-state index contributed by atoms with van der Waals surface area (Å²) in [5.41, 5.74) is 1.43. The van der Waals surface area contributed by atoms with Crippen LogP contribution in [0.25, 0.3) is 0 Å². The molecular formula is C12H21NS. The van der Waals surface area contributed by atoms with E-state index >= 15 is 0 Å². The Bertz CT molecular complexity index is 256. The third-order valence-corrected chi connectivity index (χ3v) is 3.57. The molecular weight excluding hydrogens is 190 g/mol. The van der Waals surface area contributed by atoms with Gasteiger partial charge >= 0.3 is 0 Å². The Kier molecular flexibility index (Phi) is 4.63. The zero-order chi connectivity index (χ0) is 10.6. The minimum atomic E-state index is 0.800. The fourth-order valence-electron chi connectivity index (χ4n) is 1.34. The first-order chi connectivity index (χ1) is 6.59. The lowest BCUT2D eigenvalue weighted by Gasteiger charge is -2.05. The second-order valence-corrected chi connectivity index (χ2v) is 5.65. The van der Waals surface area contributed by atoms with Crippen molar-refractivity contribution in [2.75, 3.05) is 6.54 Å². The van der Waals surface area contributed by atoms with Crippen molar-refractivity contribution in [2.45, 2.75) is 40.7 Å². The molecule has 0 aliphatic carbocycles. The van der Waals surface area contributed by atoms with E-state index in [4.69, 9.17) is 0 Å². The molecule has 0 saturated carbocycles. The molecule has 0 aromatic carbocycles. The van der Waals surface area contributed by atoms with Crippen LogP contribution in [0.2, 0.25) is 0 Å². The van der Waals surface area contributed by atoms with E-state index in [1.54, 1.807) is 0 Å². The number of aryl methyl sites for hydroxylation is 2. The largest absolute Gasteiger partial charge is 0.312 e. The lowest BCUT2D eigenvalue weighted by molar-refractivity contribution is 0.539. The van der Waals surface area contributed by atoms with Crippen molar-refractivity contribution in [1.82, 2.24) is 5.32 Å². The van der Waals surface area contributed by atoms with E-state index < -0.39 is 0 Å². The van der Waals surface area contributed by atoms with Crippen molar-refractivity contribution in [3.05, 3.63) is 21.4 Å². The van der Waals surface area contributed by atoms with Crippen LogP contribution in [0.3, 0.4) is 0 Å². The van der Waals surface area contributed by atoms with Gasteiger partial charge in [0.15, 0.2) is 0 Å². The summed E-state index contributed by atoms with van der Waals surface area (Å²) in [5, 5.41) is 3.48. The Morgan fingerprint density at radius 2 is 2.07 bits per heavy atom. The highest BCUT2D eigenvalue weighted by molar-refractivity contribution is 7.12. The molecule has 0 saturated heterocycles. The molecule has 0 bridgehead atoms. The van der Waals surface area contributed by atoms with Gasteiger partial charge in [0.05, 0.1) is 0 Å². The SMILES string of the molecule is Cc1cc(CNCCC(C)C)sc1C. The molecule has 1 N–H and O–H groups in total. The quantitative estimate of drug-likeness (QED) is 0.735. The molecule has 0 fully saturated rings. The molecule has 1 heterocycles. The Morgan fingerprint density at radius 1 is 1.36 bits per heavy atom. The maximum Gasteiger partial charge on any atom is 0.0299 e. The van der Waals surface area contributed by atoms with E-state index in [1.165, 1.54) is 21.7 Å². The number of thiophene rings is 1. The molecule has 0 amide bonds. The highest BCUT2D eigenvalue weighted by Crippen LogP contribution is 2.20. The van der Waals surface area contributed by atoms with Crippen LogP contribution in [-0.2, 0) is 6.54 Å². The van der Waals surface area contributed by atoms with Gasteiger partial charge in [-0.3, -0.25) is 0 Å². The second kappa shape index (κ2) is 5.52. The smallest absolute Gasteiger partial charge is 0.0299 e. The van der Waals surface area contributed by atoms with E-state index in [9.17, 15) is 0 Å². The molecule has 80 valence electrons. The predicted molar refractivity (Wildman–Crippen MR) is 65.0 cm³/mol. The minimum Gasteiger partial charge on any atom is -0.312 e. The molecule has 0 aliphatic rings. The summed E-state index contributed by atoms with van der Waals surface area (Å²) in [4.78, 5) is 2.91. The maximum absolute atomic E-state index is 3.48. The fraction of sp³-hybridized carbons (Fsp3) is 0.667. The third kappa shape index (κ3) is 3.81. The average Bonchev–Trinajstić information content (AvgIpc) is 2.40. The van der Waals surface area contributed by atoms with Crippen LogP contribution < -0.4 is 5.32 Å². The molecule has 0 spiro atoms. The van der Waals surface area contributed by atoms with E-state index in [0.717, 1.165) is 19.0 Å². The lowest BCUT2D eigenvalue weighted by atomic mass is 10.1. The van der Waals surface area contributed by atoms with Gasteiger partial charge < -0.3 is 5.32 Å². The molecule has 0 atom stereocenters. The predicted octanol–water partition coefficient (Wildman–Crippen LogP) is 3.50. The first-order valence-corrected chi connectivity index (χ1v) is 6.18. The zero-order valence-electron chi connectivity index (χ0n) is 9.68. The molecule has 1 aromatic heterocycles. The van der Waals surface area contributed by atoms with Crippen LogP contribution in [0.5, 0.6) is 0 Å². The summed E-state index contributed by atoms with van der Waals surface area (Å²) in [7, 11) is 0. The normalized spacial score (nSPS) is 11.2. The molecule has 14 heavy (non-hydrogen) atoms. The minimum absolute atomic E-state index is 0.800. The standard InChI is InChI=1S/C12H21NS/c1-9(2)5-6-13-8-12-7-10(3)11(4)14-12/h7,9,13H,5-6,8H2,1-4H3. The second-order valence-electron chi connectivity index (χ2n) is 4.31. The van der Waals surface area contributed by atoms with Crippen molar-refractivity contribution in [2.24, 2.45) is 5.92 Å². The number of nitrogens with one attached hydrogen (secondary N) is 1. The first-order valence-electron chi connectivity index (χ1n) is 5.36. The summed E-state index contributed by atoms with van der Waals surface area (Å²) in [6.45, 7) is 11.1. The lowest BCUT2D eigenvalue weighted by Crippen LogP contribution is -2.15. The van der Waals surface area contributed by atoms with Gasteiger partial charge in [0.25, 0.3) is 0 Å². The Labute approximate surface area is 91.5 Å². The Morgan fingerprint density at radius 3 is 2.57 bits per heavy atom. The highest BCUT2D eigenvalue weighted by Gasteiger charge is 2.00. The maximum atomic E-state index is 3.48.